The number of hydrogen-bond donors (Lipinski definition) is 3. The molecule has 1 rings (SSSR count). The van der Waals surface area contributed by atoms with Gasteiger partial charge in [0, 0.05) is 17.8 Å². The molecule has 0 bridgehead atoms. The molecule has 0 spiro atoms. The summed E-state index contributed by atoms with van der Waals surface area (Å²) in [5.74, 6) is -1.34. The zero-order chi connectivity index (χ0) is 15.3. The summed E-state index contributed by atoms with van der Waals surface area (Å²) in [6.45, 7) is 5.40. The van der Waals surface area contributed by atoms with Crippen LogP contribution in [0, 0.1) is 0 Å². The predicted octanol–water partition coefficient (Wildman–Crippen LogP) is 1.65. The van der Waals surface area contributed by atoms with Gasteiger partial charge in [-0.1, -0.05) is 6.92 Å². The molecule has 110 valence electrons. The first-order valence-corrected chi connectivity index (χ1v) is 6.45. The molecule has 1 amide bonds. The van der Waals surface area contributed by atoms with Gasteiger partial charge in [-0.3, -0.25) is 4.79 Å². The lowest BCUT2D eigenvalue weighted by molar-refractivity contribution is -0.127. The van der Waals surface area contributed by atoms with Gasteiger partial charge in [0.25, 0.3) is 5.91 Å². The molecule has 6 nitrogen and oxygen atoms in total. The molecule has 6 heteroatoms. The van der Waals surface area contributed by atoms with Crippen LogP contribution >= 0.6 is 0 Å². The van der Waals surface area contributed by atoms with E-state index in [1.54, 1.807) is 6.92 Å². The summed E-state index contributed by atoms with van der Waals surface area (Å²) < 4.78 is 5.42. The summed E-state index contributed by atoms with van der Waals surface area (Å²) in [7, 11) is 0. The minimum absolute atomic E-state index is 0.0256. The van der Waals surface area contributed by atoms with E-state index < -0.39 is 12.1 Å². The van der Waals surface area contributed by atoms with E-state index in [0.29, 0.717) is 5.69 Å². The lowest BCUT2D eigenvalue weighted by atomic mass is 10.2. The number of carbonyl (C=O) groups excluding carboxylic acids is 1. The highest BCUT2D eigenvalue weighted by molar-refractivity contribution is 5.91. The van der Waals surface area contributed by atoms with E-state index >= 15 is 0 Å². The second-order valence-electron chi connectivity index (χ2n) is 4.64. The number of benzene rings is 1. The molecule has 0 saturated carbocycles. The third kappa shape index (κ3) is 4.15. The van der Waals surface area contributed by atoms with Crippen molar-refractivity contribution in [1.82, 2.24) is 5.32 Å². The second-order valence-corrected chi connectivity index (χ2v) is 4.64. The Labute approximate surface area is 117 Å². The number of carbonyl (C=O) groups is 2. The Kier molecular flexibility index (Phi) is 5.37. The lowest BCUT2D eigenvalue weighted by Crippen LogP contribution is -2.41. The van der Waals surface area contributed by atoms with Gasteiger partial charge in [-0.05, 0) is 32.4 Å². The van der Waals surface area contributed by atoms with E-state index in [9.17, 15) is 9.59 Å². The minimum Gasteiger partial charge on any atom is -0.480 e. The Morgan fingerprint density at radius 3 is 2.60 bits per heavy atom. The Morgan fingerprint density at radius 2 is 2.05 bits per heavy atom. The number of rotatable bonds is 6. The smallest absolute Gasteiger partial charge is 0.339 e. The molecule has 1 aromatic rings. The Bertz CT molecular complexity index is 502. The summed E-state index contributed by atoms with van der Waals surface area (Å²) in [6, 6.07) is 4.26. The fourth-order valence-electron chi connectivity index (χ4n) is 1.52. The van der Waals surface area contributed by atoms with E-state index in [1.165, 1.54) is 18.2 Å². The maximum absolute atomic E-state index is 11.9. The molecule has 0 aliphatic rings. The molecule has 1 aromatic carbocycles. The first-order chi connectivity index (χ1) is 9.35. The van der Waals surface area contributed by atoms with Gasteiger partial charge in [-0.15, -0.1) is 0 Å². The summed E-state index contributed by atoms with van der Waals surface area (Å²) in [4.78, 5) is 23.0. The number of nitrogen functional groups attached to an aromatic ring is 1. The van der Waals surface area contributed by atoms with Crippen LogP contribution in [0.4, 0.5) is 5.69 Å². The van der Waals surface area contributed by atoms with Gasteiger partial charge in [-0.25, -0.2) is 4.79 Å². The molecular formula is C14H20N2O4. The van der Waals surface area contributed by atoms with Crippen LogP contribution in [0.1, 0.15) is 37.6 Å². The topological polar surface area (TPSA) is 102 Å². The van der Waals surface area contributed by atoms with Gasteiger partial charge >= 0.3 is 5.97 Å². The minimum atomic E-state index is -1.13. The van der Waals surface area contributed by atoms with Crippen LogP contribution in [-0.4, -0.2) is 29.1 Å². The van der Waals surface area contributed by atoms with Crippen LogP contribution in [0.2, 0.25) is 0 Å². The average Bonchev–Trinajstić information content (AvgIpc) is 2.38. The van der Waals surface area contributed by atoms with E-state index in [1.807, 2.05) is 13.8 Å². The van der Waals surface area contributed by atoms with Gasteiger partial charge < -0.3 is 20.9 Å². The molecule has 0 aromatic heterocycles. The van der Waals surface area contributed by atoms with Crippen molar-refractivity contribution in [3.05, 3.63) is 23.8 Å². The molecule has 0 fully saturated rings. The summed E-state index contributed by atoms with van der Waals surface area (Å²) in [6.07, 6.45) is 0.000755. The average molecular weight is 280 g/mol. The number of ether oxygens (including phenoxy) is 1. The maximum Gasteiger partial charge on any atom is 0.339 e. The highest BCUT2D eigenvalue weighted by Gasteiger charge is 2.19. The van der Waals surface area contributed by atoms with Crippen molar-refractivity contribution in [2.45, 2.75) is 39.3 Å². The van der Waals surface area contributed by atoms with Crippen LogP contribution in [-0.2, 0) is 4.79 Å². The largest absolute Gasteiger partial charge is 0.480 e. The molecule has 20 heavy (non-hydrogen) atoms. The van der Waals surface area contributed by atoms with E-state index in [2.05, 4.69) is 5.32 Å². The predicted molar refractivity (Wildman–Crippen MR) is 75.8 cm³/mol. The van der Waals surface area contributed by atoms with Crippen molar-refractivity contribution >= 4 is 17.6 Å². The van der Waals surface area contributed by atoms with Crippen molar-refractivity contribution in [2.75, 3.05) is 5.73 Å². The molecule has 0 heterocycles. The Hall–Kier alpha value is -2.24. The van der Waals surface area contributed by atoms with Crippen LogP contribution < -0.4 is 15.8 Å². The lowest BCUT2D eigenvalue weighted by Gasteiger charge is -2.18. The number of nitrogens with one attached hydrogen (secondary N) is 1. The van der Waals surface area contributed by atoms with Crippen LogP contribution in [0.5, 0.6) is 5.75 Å². The monoisotopic (exact) mass is 280 g/mol. The SMILES string of the molecule is CCC(C)NC(=O)C(C)Oc1cc(N)ccc1C(=O)O. The van der Waals surface area contributed by atoms with Gasteiger partial charge in [0.1, 0.15) is 11.3 Å². The third-order valence-electron chi connectivity index (χ3n) is 2.91. The normalized spacial score (nSPS) is 13.3. The molecule has 0 radical (unpaired) electrons. The first-order valence-electron chi connectivity index (χ1n) is 6.45. The van der Waals surface area contributed by atoms with Crippen molar-refractivity contribution in [1.29, 1.82) is 0 Å². The van der Waals surface area contributed by atoms with Crippen molar-refractivity contribution in [2.24, 2.45) is 0 Å². The third-order valence-corrected chi connectivity index (χ3v) is 2.91. The fraction of sp³-hybridized carbons (Fsp3) is 0.429. The van der Waals surface area contributed by atoms with Crippen LogP contribution in [0.15, 0.2) is 18.2 Å². The van der Waals surface area contributed by atoms with Gasteiger partial charge in [0.2, 0.25) is 0 Å². The van der Waals surface area contributed by atoms with Crippen LogP contribution in [0.3, 0.4) is 0 Å². The van der Waals surface area contributed by atoms with Gasteiger partial charge in [-0.2, -0.15) is 0 Å². The number of hydrogen-bond acceptors (Lipinski definition) is 4. The second kappa shape index (κ2) is 6.79. The molecule has 0 aliphatic carbocycles. The highest BCUT2D eigenvalue weighted by Crippen LogP contribution is 2.23. The number of nitrogens with two attached hydrogens (primary N) is 1. The Balaban J connectivity index is 2.84. The molecule has 2 atom stereocenters. The standard InChI is InChI=1S/C14H20N2O4/c1-4-8(2)16-13(17)9(3)20-12-7-10(15)5-6-11(12)14(18)19/h5-9H,4,15H2,1-3H3,(H,16,17)(H,18,19). The number of carboxylic acid groups (broad SMARTS) is 1. The van der Waals surface area contributed by atoms with Crippen molar-refractivity contribution < 1.29 is 19.4 Å². The number of aromatic carboxylic acids is 1. The van der Waals surface area contributed by atoms with Crippen LogP contribution in [0.25, 0.3) is 0 Å². The highest BCUT2D eigenvalue weighted by atomic mass is 16.5. The first kappa shape index (κ1) is 15.8. The number of amides is 1. The molecule has 2 unspecified atom stereocenters. The van der Waals surface area contributed by atoms with E-state index in [0.717, 1.165) is 6.42 Å². The van der Waals surface area contributed by atoms with E-state index in [4.69, 9.17) is 15.6 Å². The molecule has 4 N–H and O–H groups in total. The zero-order valence-electron chi connectivity index (χ0n) is 11.8. The number of anilines is 1. The summed E-state index contributed by atoms with van der Waals surface area (Å²) >= 11 is 0. The summed E-state index contributed by atoms with van der Waals surface area (Å²) in [5, 5.41) is 11.8. The fourth-order valence-corrected chi connectivity index (χ4v) is 1.52. The zero-order valence-corrected chi connectivity index (χ0v) is 11.8. The van der Waals surface area contributed by atoms with E-state index in [-0.39, 0.29) is 23.3 Å². The van der Waals surface area contributed by atoms with Crippen molar-refractivity contribution in [3.8, 4) is 5.75 Å². The Morgan fingerprint density at radius 1 is 1.40 bits per heavy atom. The van der Waals surface area contributed by atoms with Gasteiger partial charge in [0.15, 0.2) is 6.10 Å². The molecular weight excluding hydrogens is 260 g/mol. The molecule has 0 aliphatic heterocycles. The quantitative estimate of drug-likeness (QED) is 0.688. The van der Waals surface area contributed by atoms with Crippen molar-refractivity contribution in [3.63, 3.8) is 0 Å². The number of carboxylic acids is 1. The van der Waals surface area contributed by atoms with Gasteiger partial charge in [0.05, 0.1) is 0 Å². The molecule has 0 saturated heterocycles. The maximum atomic E-state index is 11.9. The summed E-state index contributed by atoms with van der Waals surface area (Å²) in [5.41, 5.74) is 5.96.